The van der Waals surface area contributed by atoms with Crippen molar-refractivity contribution in [3.8, 4) is 0 Å². The van der Waals surface area contributed by atoms with Crippen LogP contribution in [0.1, 0.15) is 63.3 Å². The predicted molar refractivity (Wildman–Crippen MR) is 84.5 cm³/mol. The van der Waals surface area contributed by atoms with Crippen LogP contribution in [-0.2, 0) is 13.1 Å². The van der Waals surface area contributed by atoms with Crippen molar-refractivity contribution >= 4 is 6.01 Å². The van der Waals surface area contributed by atoms with Crippen LogP contribution in [0.4, 0.5) is 6.01 Å². The molecule has 1 aliphatic rings. The first kappa shape index (κ1) is 15.1. The quantitative estimate of drug-likeness (QED) is 0.883. The van der Waals surface area contributed by atoms with E-state index in [1.54, 1.807) is 0 Å². The van der Waals surface area contributed by atoms with Gasteiger partial charge in [0.05, 0.1) is 6.20 Å². The summed E-state index contributed by atoms with van der Waals surface area (Å²) >= 11 is 0. The highest BCUT2D eigenvalue weighted by molar-refractivity contribution is 5.21. The lowest BCUT2D eigenvalue weighted by Gasteiger charge is -2.17. The summed E-state index contributed by atoms with van der Waals surface area (Å²) in [7, 11) is 0. The van der Waals surface area contributed by atoms with Crippen LogP contribution in [-0.4, -0.2) is 20.0 Å². The Morgan fingerprint density at radius 1 is 1.27 bits per heavy atom. The zero-order valence-corrected chi connectivity index (χ0v) is 13.5. The molecule has 1 aliphatic carbocycles. The van der Waals surface area contributed by atoms with Crippen molar-refractivity contribution < 1.29 is 4.42 Å². The number of nitrogens with one attached hydrogen (secondary N) is 1. The van der Waals surface area contributed by atoms with Crippen LogP contribution in [0.3, 0.4) is 0 Å². The van der Waals surface area contributed by atoms with E-state index < -0.39 is 0 Å². The number of anilines is 1. The molecule has 0 amide bonds. The molecular weight excluding hydrogens is 278 g/mol. The van der Waals surface area contributed by atoms with E-state index in [0.29, 0.717) is 24.4 Å². The maximum atomic E-state index is 5.76. The van der Waals surface area contributed by atoms with Crippen molar-refractivity contribution in [1.29, 1.82) is 0 Å². The van der Waals surface area contributed by atoms with E-state index in [-0.39, 0.29) is 0 Å². The van der Waals surface area contributed by atoms with Gasteiger partial charge >= 0.3 is 6.01 Å². The molecule has 6 nitrogen and oxygen atoms in total. The van der Waals surface area contributed by atoms with Gasteiger partial charge in [-0.25, -0.2) is 0 Å². The summed E-state index contributed by atoms with van der Waals surface area (Å²) in [6.07, 6.45) is 10.2. The van der Waals surface area contributed by atoms with Crippen LogP contribution in [0.25, 0.3) is 0 Å². The monoisotopic (exact) mass is 303 g/mol. The molecule has 0 atom stereocenters. The van der Waals surface area contributed by atoms with E-state index in [1.165, 1.54) is 32.1 Å². The van der Waals surface area contributed by atoms with E-state index in [9.17, 15) is 0 Å². The molecule has 1 saturated carbocycles. The zero-order chi connectivity index (χ0) is 15.4. The molecule has 2 aromatic rings. The second kappa shape index (κ2) is 6.94. The van der Waals surface area contributed by atoms with Gasteiger partial charge in [-0.2, -0.15) is 5.10 Å². The molecule has 1 N–H and O–H groups in total. The van der Waals surface area contributed by atoms with Crippen molar-refractivity contribution in [1.82, 2.24) is 20.0 Å². The normalized spacial score (nSPS) is 16.3. The first-order valence-electron chi connectivity index (χ1n) is 8.29. The van der Waals surface area contributed by atoms with Gasteiger partial charge in [-0.3, -0.25) is 4.68 Å². The largest absolute Gasteiger partial charge is 0.408 e. The van der Waals surface area contributed by atoms with Gasteiger partial charge in [0, 0.05) is 30.8 Å². The Bertz CT molecular complexity index is 583. The van der Waals surface area contributed by atoms with Crippen molar-refractivity contribution in [2.24, 2.45) is 5.92 Å². The van der Waals surface area contributed by atoms with Crippen molar-refractivity contribution in [2.45, 2.75) is 65.0 Å². The van der Waals surface area contributed by atoms with Crippen molar-refractivity contribution in [2.75, 3.05) is 5.32 Å². The van der Waals surface area contributed by atoms with Gasteiger partial charge in [-0.1, -0.05) is 38.2 Å². The molecule has 3 rings (SSSR count). The SMILES string of the molecule is CC(C)Cn1cc(CNc2nnc(C3CCCCC3)o2)cn1. The molecule has 0 aromatic carbocycles. The summed E-state index contributed by atoms with van der Waals surface area (Å²) in [5, 5.41) is 15.9. The smallest absolute Gasteiger partial charge is 0.315 e. The second-order valence-corrected chi connectivity index (χ2v) is 6.60. The summed E-state index contributed by atoms with van der Waals surface area (Å²) in [4.78, 5) is 0. The maximum absolute atomic E-state index is 5.76. The highest BCUT2D eigenvalue weighted by Gasteiger charge is 2.21. The third-order valence-electron chi connectivity index (χ3n) is 4.08. The Morgan fingerprint density at radius 3 is 2.86 bits per heavy atom. The zero-order valence-electron chi connectivity index (χ0n) is 13.5. The molecule has 6 heteroatoms. The summed E-state index contributed by atoms with van der Waals surface area (Å²) in [5.41, 5.74) is 1.12. The van der Waals surface area contributed by atoms with Gasteiger partial charge in [-0.05, 0) is 18.8 Å². The fourth-order valence-electron chi connectivity index (χ4n) is 2.97. The molecule has 2 aromatic heterocycles. The number of rotatable bonds is 6. The van der Waals surface area contributed by atoms with Gasteiger partial charge < -0.3 is 9.73 Å². The highest BCUT2D eigenvalue weighted by atomic mass is 16.4. The Balaban J connectivity index is 1.53. The average molecular weight is 303 g/mol. The maximum Gasteiger partial charge on any atom is 0.315 e. The first-order valence-corrected chi connectivity index (χ1v) is 8.29. The minimum absolute atomic E-state index is 0.450. The van der Waals surface area contributed by atoms with Gasteiger partial charge in [0.1, 0.15) is 0 Å². The van der Waals surface area contributed by atoms with E-state index in [4.69, 9.17) is 4.42 Å². The standard InChI is InChI=1S/C16H25N5O/c1-12(2)10-21-11-13(9-18-21)8-17-16-20-19-15(22-16)14-6-4-3-5-7-14/h9,11-12,14H,3-8,10H2,1-2H3,(H,17,20). The number of hydrogen-bond donors (Lipinski definition) is 1. The number of hydrogen-bond acceptors (Lipinski definition) is 5. The van der Waals surface area contributed by atoms with Gasteiger partial charge in [0.2, 0.25) is 5.89 Å². The predicted octanol–water partition coefficient (Wildman–Crippen LogP) is 3.58. The van der Waals surface area contributed by atoms with E-state index in [1.807, 2.05) is 10.9 Å². The van der Waals surface area contributed by atoms with Crippen LogP contribution >= 0.6 is 0 Å². The first-order chi connectivity index (χ1) is 10.7. The van der Waals surface area contributed by atoms with Crippen molar-refractivity contribution in [3.05, 3.63) is 23.8 Å². The summed E-state index contributed by atoms with van der Waals surface area (Å²) in [5.74, 6) is 1.83. The molecule has 0 saturated heterocycles. The number of nitrogens with zero attached hydrogens (tertiary/aromatic N) is 4. The molecular formula is C16H25N5O. The lowest BCUT2D eigenvalue weighted by Crippen LogP contribution is -2.04. The molecule has 0 unspecified atom stereocenters. The van der Waals surface area contributed by atoms with E-state index >= 15 is 0 Å². The fourth-order valence-corrected chi connectivity index (χ4v) is 2.97. The molecule has 22 heavy (non-hydrogen) atoms. The van der Waals surface area contributed by atoms with Crippen LogP contribution < -0.4 is 5.32 Å². The topological polar surface area (TPSA) is 68.8 Å². The molecule has 2 heterocycles. The van der Waals surface area contributed by atoms with Gasteiger partial charge in [-0.15, -0.1) is 5.10 Å². The highest BCUT2D eigenvalue weighted by Crippen LogP contribution is 2.32. The minimum Gasteiger partial charge on any atom is -0.408 e. The Labute approximate surface area is 131 Å². The van der Waals surface area contributed by atoms with Crippen molar-refractivity contribution in [3.63, 3.8) is 0 Å². The minimum atomic E-state index is 0.450. The van der Waals surface area contributed by atoms with Crippen LogP contribution in [0.5, 0.6) is 0 Å². The molecule has 0 spiro atoms. The molecule has 120 valence electrons. The fraction of sp³-hybridized carbons (Fsp3) is 0.688. The Hall–Kier alpha value is -1.85. The average Bonchev–Trinajstić information content (AvgIpc) is 3.15. The molecule has 0 bridgehead atoms. The summed E-state index contributed by atoms with van der Waals surface area (Å²) in [6, 6.07) is 0.511. The van der Waals surface area contributed by atoms with E-state index in [2.05, 4.69) is 40.7 Å². The second-order valence-electron chi connectivity index (χ2n) is 6.60. The summed E-state index contributed by atoms with van der Waals surface area (Å²) < 4.78 is 7.73. The van der Waals surface area contributed by atoms with Gasteiger partial charge in [0.15, 0.2) is 0 Å². The molecule has 0 aliphatic heterocycles. The molecule has 1 fully saturated rings. The van der Waals surface area contributed by atoms with Gasteiger partial charge in [0.25, 0.3) is 0 Å². The Morgan fingerprint density at radius 2 is 2.09 bits per heavy atom. The summed E-state index contributed by atoms with van der Waals surface area (Å²) in [6.45, 7) is 5.96. The van der Waals surface area contributed by atoms with Crippen LogP contribution in [0, 0.1) is 5.92 Å². The third-order valence-corrected chi connectivity index (χ3v) is 4.08. The van der Waals surface area contributed by atoms with Crippen LogP contribution in [0.2, 0.25) is 0 Å². The van der Waals surface area contributed by atoms with E-state index in [0.717, 1.165) is 18.0 Å². The third kappa shape index (κ3) is 3.87. The number of aromatic nitrogens is 4. The molecule has 0 radical (unpaired) electrons. The lowest BCUT2D eigenvalue weighted by molar-refractivity contribution is 0.367. The lowest BCUT2D eigenvalue weighted by atomic mass is 9.89. The van der Waals surface area contributed by atoms with Crippen LogP contribution in [0.15, 0.2) is 16.8 Å². The Kier molecular flexibility index (Phi) is 4.75.